The van der Waals surface area contributed by atoms with Crippen LogP contribution in [0.1, 0.15) is 15.9 Å². The van der Waals surface area contributed by atoms with E-state index in [-0.39, 0.29) is 5.56 Å². The number of nitrogens with zero attached hydrogens (tertiary/aromatic N) is 2. The number of aromatic nitrogens is 2. The maximum Gasteiger partial charge on any atom is 0.252 e. The summed E-state index contributed by atoms with van der Waals surface area (Å²) in [6.07, 6.45) is 3.24. The Morgan fingerprint density at radius 2 is 1.90 bits per heavy atom. The normalized spacial score (nSPS) is 10.9. The van der Waals surface area contributed by atoms with Crippen LogP contribution in [0.25, 0.3) is 16.6 Å². The quantitative estimate of drug-likeness (QED) is 0.668. The summed E-state index contributed by atoms with van der Waals surface area (Å²) in [5.74, 6) is -0.586. The molecule has 3 rings (SSSR count). The summed E-state index contributed by atoms with van der Waals surface area (Å²) in [5, 5.41) is 4.16. The summed E-state index contributed by atoms with van der Waals surface area (Å²) in [4.78, 5) is 11.3. The second-order valence-electron chi connectivity index (χ2n) is 4.80. The molecule has 2 heterocycles. The number of hydrogen-bond donors (Lipinski definition) is 3. The molecule has 0 aliphatic rings. The number of amides is 1. The van der Waals surface area contributed by atoms with Crippen LogP contribution in [0.15, 0.2) is 42.7 Å². The predicted octanol–water partition coefficient (Wildman–Crippen LogP) is 1.14. The van der Waals surface area contributed by atoms with Gasteiger partial charge in [-0.2, -0.15) is 5.10 Å². The topological polar surface area (TPSA) is 112 Å². The molecular weight excluding hydrogens is 266 g/mol. The monoisotopic (exact) mass is 281 g/mol. The smallest absolute Gasteiger partial charge is 0.252 e. The number of hydrogen-bond acceptors (Lipinski definition) is 4. The molecule has 1 aromatic carbocycles. The van der Waals surface area contributed by atoms with E-state index < -0.39 is 5.91 Å². The lowest BCUT2D eigenvalue weighted by Crippen LogP contribution is -2.15. The SMILES string of the molecule is NCc1ccc(-c2cc3c(N)c(C(N)=O)cnn3c2)cc1. The molecule has 21 heavy (non-hydrogen) atoms. The summed E-state index contributed by atoms with van der Waals surface area (Å²) in [7, 11) is 0. The fraction of sp³-hybridized carbons (Fsp3) is 0.0667. The second kappa shape index (κ2) is 4.92. The van der Waals surface area contributed by atoms with Crippen molar-refractivity contribution in [1.82, 2.24) is 9.61 Å². The number of anilines is 1. The van der Waals surface area contributed by atoms with Gasteiger partial charge in [0.15, 0.2) is 0 Å². The fourth-order valence-corrected chi connectivity index (χ4v) is 2.26. The third kappa shape index (κ3) is 2.21. The lowest BCUT2D eigenvalue weighted by Gasteiger charge is -2.02. The average Bonchev–Trinajstić information content (AvgIpc) is 2.92. The van der Waals surface area contributed by atoms with Gasteiger partial charge in [0, 0.05) is 18.3 Å². The van der Waals surface area contributed by atoms with Crippen LogP contribution in [0.5, 0.6) is 0 Å². The summed E-state index contributed by atoms with van der Waals surface area (Å²) in [6, 6.07) is 9.81. The Bertz CT molecular complexity index is 820. The first-order valence-corrected chi connectivity index (χ1v) is 6.46. The molecule has 6 N–H and O–H groups in total. The Morgan fingerprint density at radius 1 is 1.19 bits per heavy atom. The van der Waals surface area contributed by atoms with Gasteiger partial charge in [-0.15, -0.1) is 0 Å². The highest BCUT2D eigenvalue weighted by Gasteiger charge is 2.12. The molecule has 0 aliphatic carbocycles. The van der Waals surface area contributed by atoms with Gasteiger partial charge < -0.3 is 17.2 Å². The number of nitrogens with two attached hydrogens (primary N) is 3. The summed E-state index contributed by atoms with van der Waals surface area (Å²) in [6.45, 7) is 0.508. The summed E-state index contributed by atoms with van der Waals surface area (Å²) >= 11 is 0. The van der Waals surface area contributed by atoms with Crippen LogP contribution in [0, 0.1) is 0 Å². The molecule has 1 amide bonds. The zero-order valence-electron chi connectivity index (χ0n) is 11.3. The molecule has 6 nitrogen and oxygen atoms in total. The van der Waals surface area contributed by atoms with Crippen LogP contribution < -0.4 is 17.2 Å². The van der Waals surface area contributed by atoms with Crippen molar-refractivity contribution in [3.8, 4) is 11.1 Å². The molecule has 0 radical (unpaired) electrons. The molecular formula is C15H15N5O. The van der Waals surface area contributed by atoms with Gasteiger partial charge in [0.1, 0.15) is 0 Å². The van der Waals surface area contributed by atoms with Crippen LogP contribution in [-0.2, 0) is 6.54 Å². The minimum Gasteiger partial charge on any atom is -0.396 e. The Balaban J connectivity index is 2.12. The van der Waals surface area contributed by atoms with Gasteiger partial charge in [-0.25, -0.2) is 4.52 Å². The van der Waals surface area contributed by atoms with Gasteiger partial charge in [0.05, 0.1) is 23.0 Å². The van der Waals surface area contributed by atoms with Crippen molar-refractivity contribution in [3.63, 3.8) is 0 Å². The highest BCUT2D eigenvalue weighted by Crippen LogP contribution is 2.26. The molecule has 0 saturated carbocycles. The molecule has 0 saturated heterocycles. The highest BCUT2D eigenvalue weighted by molar-refractivity contribution is 6.01. The van der Waals surface area contributed by atoms with Crippen LogP contribution in [-0.4, -0.2) is 15.5 Å². The number of carbonyl (C=O) groups excluding carboxylic acids is 1. The molecule has 0 bridgehead atoms. The van der Waals surface area contributed by atoms with E-state index >= 15 is 0 Å². The van der Waals surface area contributed by atoms with Crippen molar-refractivity contribution < 1.29 is 4.79 Å². The molecule has 2 aromatic heterocycles. The average molecular weight is 281 g/mol. The van der Waals surface area contributed by atoms with Crippen molar-refractivity contribution >= 4 is 17.1 Å². The zero-order chi connectivity index (χ0) is 15.0. The van der Waals surface area contributed by atoms with E-state index in [9.17, 15) is 4.79 Å². The first-order chi connectivity index (χ1) is 10.1. The summed E-state index contributed by atoms with van der Waals surface area (Å²) in [5.41, 5.74) is 21.1. The van der Waals surface area contributed by atoms with Gasteiger partial charge in [0.2, 0.25) is 0 Å². The molecule has 0 spiro atoms. The lowest BCUT2D eigenvalue weighted by atomic mass is 10.1. The molecule has 6 heteroatoms. The zero-order valence-corrected chi connectivity index (χ0v) is 11.3. The van der Waals surface area contributed by atoms with Gasteiger partial charge in [0.25, 0.3) is 5.91 Å². The van der Waals surface area contributed by atoms with E-state index in [4.69, 9.17) is 17.2 Å². The predicted molar refractivity (Wildman–Crippen MR) is 81.4 cm³/mol. The van der Waals surface area contributed by atoms with E-state index in [0.717, 1.165) is 16.7 Å². The Kier molecular flexibility index (Phi) is 3.08. The van der Waals surface area contributed by atoms with Crippen LogP contribution in [0.4, 0.5) is 5.69 Å². The van der Waals surface area contributed by atoms with Crippen LogP contribution >= 0.6 is 0 Å². The van der Waals surface area contributed by atoms with E-state index in [1.54, 1.807) is 4.52 Å². The van der Waals surface area contributed by atoms with Crippen molar-refractivity contribution in [2.45, 2.75) is 6.54 Å². The molecule has 3 aromatic rings. The first-order valence-electron chi connectivity index (χ1n) is 6.46. The standard InChI is InChI=1S/C15H15N5O/c16-6-9-1-3-10(4-2-9)11-5-13-14(17)12(15(18)21)7-19-20(13)8-11/h1-5,7-8H,6,16-17H2,(H2,18,21). The van der Waals surface area contributed by atoms with Crippen LogP contribution in [0.2, 0.25) is 0 Å². The molecule has 0 aliphatic heterocycles. The number of rotatable bonds is 3. The maximum absolute atomic E-state index is 11.3. The largest absolute Gasteiger partial charge is 0.396 e. The fourth-order valence-electron chi connectivity index (χ4n) is 2.26. The first kappa shape index (κ1) is 13.1. The van der Waals surface area contributed by atoms with E-state index in [0.29, 0.717) is 17.7 Å². The number of nitrogen functional groups attached to an aromatic ring is 1. The number of fused-ring (bicyclic) bond motifs is 1. The minimum absolute atomic E-state index is 0.227. The number of primary amides is 1. The van der Waals surface area contributed by atoms with Crippen molar-refractivity contribution in [1.29, 1.82) is 0 Å². The highest BCUT2D eigenvalue weighted by atomic mass is 16.1. The van der Waals surface area contributed by atoms with E-state index in [2.05, 4.69) is 5.10 Å². The number of benzene rings is 1. The second-order valence-corrected chi connectivity index (χ2v) is 4.80. The Morgan fingerprint density at radius 3 is 2.52 bits per heavy atom. The van der Waals surface area contributed by atoms with Gasteiger partial charge in [-0.3, -0.25) is 4.79 Å². The van der Waals surface area contributed by atoms with Gasteiger partial charge in [-0.1, -0.05) is 24.3 Å². The Labute approximate surface area is 121 Å². The van der Waals surface area contributed by atoms with Crippen molar-refractivity contribution in [2.75, 3.05) is 5.73 Å². The summed E-state index contributed by atoms with van der Waals surface area (Å²) < 4.78 is 1.63. The van der Waals surface area contributed by atoms with E-state index in [1.165, 1.54) is 6.20 Å². The van der Waals surface area contributed by atoms with Gasteiger partial charge in [-0.05, 0) is 17.2 Å². The minimum atomic E-state index is -0.586. The molecule has 106 valence electrons. The maximum atomic E-state index is 11.3. The Hall–Kier alpha value is -2.86. The molecule has 0 atom stereocenters. The van der Waals surface area contributed by atoms with Crippen molar-refractivity contribution in [3.05, 3.63) is 53.9 Å². The van der Waals surface area contributed by atoms with E-state index in [1.807, 2.05) is 36.5 Å². The third-order valence-electron chi connectivity index (χ3n) is 3.47. The third-order valence-corrected chi connectivity index (χ3v) is 3.47. The van der Waals surface area contributed by atoms with Crippen molar-refractivity contribution in [2.24, 2.45) is 11.5 Å². The van der Waals surface area contributed by atoms with Crippen LogP contribution in [0.3, 0.4) is 0 Å². The lowest BCUT2D eigenvalue weighted by molar-refractivity contribution is 0.100. The molecule has 0 unspecified atom stereocenters. The molecule has 0 fully saturated rings. The number of carbonyl (C=O) groups is 1. The van der Waals surface area contributed by atoms with Gasteiger partial charge >= 0.3 is 0 Å².